The van der Waals surface area contributed by atoms with E-state index >= 15 is 0 Å². The predicted octanol–water partition coefficient (Wildman–Crippen LogP) is 5.61. The summed E-state index contributed by atoms with van der Waals surface area (Å²) in [6, 6.07) is 12.9. The molecule has 0 unspecified atom stereocenters. The lowest BCUT2D eigenvalue weighted by Crippen LogP contribution is -2.13. The second kappa shape index (κ2) is 7.88. The summed E-state index contributed by atoms with van der Waals surface area (Å²) in [7, 11) is 0. The van der Waals surface area contributed by atoms with Crippen molar-refractivity contribution >= 4 is 23.4 Å². The summed E-state index contributed by atoms with van der Waals surface area (Å²) in [6.45, 7) is 8.29. The topological polar surface area (TPSA) is 12.0 Å². The lowest BCUT2D eigenvalue weighted by Gasteiger charge is -2.10. The van der Waals surface area contributed by atoms with Gasteiger partial charge in [0.05, 0.1) is 0 Å². The van der Waals surface area contributed by atoms with Crippen LogP contribution < -0.4 is 5.32 Å². The number of nitrogens with one attached hydrogen (secondary N) is 1. The van der Waals surface area contributed by atoms with Crippen molar-refractivity contribution < 1.29 is 0 Å². The Labute approximate surface area is 137 Å². The summed E-state index contributed by atoms with van der Waals surface area (Å²) in [5.74, 6) is 0. The minimum absolute atomic E-state index is 0.834. The number of aryl methyl sites for hydroxylation is 2. The van der Waals surface area contributed by atoms with Crippen LogP contribution in [0.5, 0.6) is 0 Å². The number of hydrogen-bond acceptors (Lipinski definition) is 2. The molecule has 0 saturated heterocycles. The van der Waals surface area contributed by atoms with Gasteiger partial charge in [0.2, 0.25) is 0 Å². The first kappa shape index (κ1) is 16.4. The summed E-state index contributed by atoms with van der Waals surface area (Å²) < 4.78 is 0. The molecular formula is C18H22ClNS. The summed E-state index contributed by atoms with van der Waals surface area (Å²) >= 11 is 8.17. The third kappa shape index (κ3) is 4.77. The molecular weight excluding hydrogens is 298 g/mol. The van der Waals surface area contributed by atoms with Crippen molar-refractivity contribution in [1.82, 2.24) is 5.32 Å². The molecule has 0 heterocycles. The van der Waals surface area contributed by atoms with Gasteiger partial charge < -0.3 is 5.32 Å². The Morgan fingerprint density at radius 1 is 1.10 bits per heavy atom. The molecule has 1 N–H and O–H groups in total. The van der Waals surface area contributed by atoms with Crippen LogP contribution in [-0.2, 0) is 6.54 Å². The highest BCUT2D eigenvalue weighted by Gasteiger charge is 2.05. The normalized spacial score (nSPS) is 10.9. The van der Waals surface area contributed by atoms with E-state index < -0.39 is 0 Å². The second-order valence-corrected chi connectivity index (χ2v) is 6.82. The van der Waals surface area contributed by atoms with E-state index in [1.165, 1.54) is 20.9 Å². The molecule has 0 radical (unpaired) electrons. The average molecular weight is 320 g/mol. The van der Waals surface area contributed by atoms with Crippen LogP contribution in [0.1, 0.15) is 30.0 Å². The number of benzene rings is 2. The van der Waals surface area contributed by atoms with E-state index in [1.54, 1.807) is 11.8 Å². The van der Waals surface area contributed by atoms with Crippen LogP contribution in [-0.4, -0.2) is 6.54 Å². The first-order valence-electron chi connectivity index (χ1n) is 7.34. The molecule has 2 aromatic carbocycles. The minimum atomic E-state index is 0.834. The first-order valence-corrected chi connectivity index (χ1v) is 8.54. The highest BCUT2D eigenvalue weighted by molar-refractivity contribution is 7.99. The molecule has 0 fully saturated rings. The zero-order valence-corrected chi connectivity index (χ0v) is 14.4. The van der Waals surface area contributed by atoms with E-state index in [0.29, 0.717) is 0 Å². The minimum Gasteiger partial charge on any atom is -0.313 e. The smallest absolute Gasteiger partial charge is 0.0462 e. The van der Waals surface area contributed by atoms with Crippen LogP contribution in [0.15, 0.2) is 46.2 Å². The predicted molar refractivity (Wildman–Crippen MR) is 93.5 cm³/mol. The second-order valence-electron chi connectivity index (χ2n) is 5.30. The highest BCUT2D eigenvalue weighted by Crippen LogP contribution is 2.33. The Bertz CT molecular complexity index is 610. The molecule has 112 valence electrons. The van der Waals surface area contributed by atoms with E-state index in [9.17, 15) is 0 Å². The fourth-order valence-electron chi connectivity index (χ4n) is 2.08. The molecule has 0 aromatic heterocycles. The van der Waals surface area contributed by atoms with Crippen LogP contribution >= 0.6 is 23.4 Å². The van der Waals surface area contributed by atoms with Crippen molar-refractivity contribution in [2.75, 3.05) is 6.54 Å². The number of halogens is 1. The van der Waals surface area contributed by atoms with E-state index in [1.807, 2.05) is 0 Å². The summed E-state index contributed by atoms with van der Waals surface area (Å²) in [5.41, 5.74) is 3.75. The molecule has 21 heavy (non-hydrogen) atoms. The summed E-state index contributed by atoms with van der Waals surface area (Å²) in [5, 5.41) is 4.23. The maximum absolute atomic E-state index is 6.39. The molecule has 0 aliphatic heterocycles. The van der Waals surface area contributed by atoms with Gasteiger partial charge in [0, 0.05) is 21.4 Å². The van der Waals surface area contributed by atoms with Crippen molar-refractivity contribution in [2.45, 2.75) is 43.5 Å². The third-order valence-corrected chi connectivity index (χ3v) is 4.84. The van der Waals surface area contributed by atoms with Gasteiger partial charge in [-0.15, -0.1) is 0 Å². The Morgan fingerprint density at radius 2 is 1.90 bits per heavy atom. The maximum atomic E-state index is 6.39. The van der Waals surface area contributed by atoms with Crippen LogP contribution in [0.25, 0.3) is 0 Å². The fraction of sp³-hybridized carbons (Fsp3) is 0.333. The Morgan fingerprint density at radius 3 is 2.62 bits per heavy atom. The van der Waals surface area contributed by atoms with Crippen molar-refractivity contribution in [3.8, 4) is 0 Å². The zero-order chi connectivity index (χ0) is 15.2. The van der Waals surface area contributed by atoms with E-state index in [2.05, 4.69) is 62.5 Å². The fourth-order valence-corrected chi connectivity index (χ4v) is 3.43. The van der Waals surface area contributed by atoms with Crippen LogP contribution in [0.3, 0.4) is 0 Å². The molecule has 3 heteroatoms. The Balaban J connectivity index is 2.11. The number of hydrogen-bond donors (Lipinski definition) is 1. The van der Waals surface area contributed by atoms with Crippen molar-refractivity contribution in [1.29, 1.82) is 0 Å². The van der Waals surface area contributed by atoms with Gasteiger partial charge in [0.15, 0.2) is 0 Å². The average Bonchev–Trinajstić information content (AvgIpc) is 2.45. The molecule has 0 saturated carbocycles. The van der Waals surface area contributed by atoms with Gasteiger partial charge in [-0.3, -0.25) is 0 Å². The van der Waals surface area contributed by atoms with Gasteiger partial charge in [-0.2, -0.15) is 0 Å². The highest BCUT2D eigenvalue weighted by atomic mass is 35.5. The van der Waals surface area contributed by atoms with Gasteiger partial charge in [-0.1, -0.05) is 48.5 Å². The SMILES string of the molecule is CCCNCc1ccc(Sc2cc(C)ccc2C)cc1Cl. The van der Waals surface area contributed by atoms with E-state index in [-0.39, 0.29) is 0 Å². The Hall–Kier alpha value is -0.960. The molecule has 0 amide bonds. The van der Waals surface area contributed by atoms with Crippen molar-refractivity contribution in [3.05, 3.63) is 58.1 Å². The molecule has 1 nitrogen and oxygen atoms in total. The molecule has 0 aliphatic rings. The van der Waals surface area contributed by atoms with E-state index in [4.69, 9.17) is 11.6 Å². The van der Waals surface area contributed by atoms with Gasteiger partial charge in [-0.05, 0) is 61.7 Å². The lowest BCUT2D eigenvalue weighted by molar-refractivity contribution is 0.675. The lowest BCUT2D eigenvalue weighted by atomic mass is 10.2. The number of rotatable bonds is 6. The molecule has 0 aliphatic carbocycles. The quantitative estimate of drug-likeness (QED) is 0.695. The zero-order valence-electron chi connectivity index (χ0n) is 12.9. The van der Waals surface area contributed by atoms with Crippen LogP contribution in [0.4, 0.5) is 0 Å². The third-order valence-electron chi connectivity index (χ3n) is 3.34. The van der Waals surface area contributed by atoms with Crippen molar-refractivity contribution in [2.24, 2.45) is 0 Å². The van der Waals surface area contributed by atoms with Gasteiger partial charge >= 0.3 is 0 Å². The molecule has 0 spiro atoms. The van der Waals surface area contributed by atoms with Gasteiger partial charge in [0.25, 0.3) is 0 Å². The standard InChI is InChI=1S/C18H22ClNS/c1-4-9-20-12-15-7-8-16(11-17(15)19)21-18-10-13(2)5-6-14(18)3/h5-8,10-11,20H,4,9,12H2,1-3H3. The van der Waals surface area contributed by atoms with Gasteiger partial charge in [-0.25, -0.2) is 0 Å². The van der Waals surface area contributed by atoms with E-state index in [0.717, 1.165) is 30.1 Å². The summed E-state index contributed by atoms with van der Waals surface area (Å²) in [6.07, 6.45) is 1.14. The maximum Gasteiger partial charge on any atom is 0.0462 e. The largest absolute Gasteiger partial charge is 0.313 e. The monoisotopic (exact) mass is 319 g/mol. The summed E-state index contributed by atoms with van der Waals surface area (Å²) in [4.78, 5) is 2.48. The molecule has 0 bridgehead atoms. The molecule has 2 rings (SSSR count). The van der Waals surface area contributed by atoms with Crippen LogP contribution in [0, 0.1) is 13.8 Å². The first-order chi connectivity index (χ1) is 10.1. The van der Waals surface area contributed by atoms with Crippen molar-refractivity contribution in [3.63, 3.8) is 0 Å². The van der Waals surface area contributed by atoms with Crippen LogP contribution in [0.2, 0.25) is 5.02 Å². The molecule has 2 aromatic rings. The molecule has 0 atom stereocenters. The van der Waals surface area contributed by atoms with Gasteiger partial charge in [0.1, 0.15) is 0 Å². The Kier molecular flexibility index (Phi) is 6.16.